The maximum atomic E-state index is 3.44. The van der Waals surface area contributed by atoms with Gasteiger partial charge in [-0.2, -0.15) is 0 Å². The van der Waals surface area contributed by atoms with Crippen molar-refractivity contribution in [2.45, 2.75) is 32.2 Å². The van der Waals surface area contributed by atoms with Gasteiger partial charge in [-0.1, -0.05) is 25.1 Å². The second kappa shape index (κ2) is 5.35. The minimum atomic E-state index is 0.526. The minimum Gasteiger partial charge on any atom is -0.371 e. The van der Waals surface area contributed by atoms with E-state index in [1.807, 2.05) is 0 Å². The van der Waals surface area contributed by atoms with Gasteiger partial charge in [-0.05, 0) is 37.9 Å². The molecule has 0 spiro atoms. The van der Waals surface area contributed by atoms with Crippen LogP contribution in [0.15, 0.2) is 24.3 Å². The van der Waals surface area contributed by atoms with Crippen molar-refractivity contribution in [3.05, 3.63) is 29.8 Å². The number of nitrogens with zero attached hydrogens (tertiary/aromatic N) is 1. The molecule has 1 aliphatic heterocycles. The van der Waals surface area contributed by atoms with Crippen molar-refractivity contribution in [3.63, 3.8) is 0 Å². The molecule has 0 saturated carbocycles. The van der Waals surface area contributed by atoms with Crippen LogP contribution >= 0.6 is 0 Å². The monoisotopic (exact) mass is 218 g/mol. The maximum absolute atomic E-state index is 3.44. The second-order valence-corrected chi connectivity index (χ2v) is 4.53. The highest BCUT2D eigenvalue weighted by Gasteiger charge is 2.20. The summed E-state index contributed by atoms with van der Waals surface area (Å²) in [5.41, 5.74) is 2.90. The van der Waals surface area contributed by atoms with Gasteiger partial charge >= 0.3 is 0 Å². The Morgan fingerprint density at radius 3 is 2.94 bits per heavy atom. The predicted molar refractivity (Wildman–Crippen MR) is 70.0 cm³/mol. The van der Waals surface area contributed by atoms with Gasteiger partial charge in [0.1, 0.15) is 0 Å². The third-order valence-electron chi connectivity index (χ3n) is 3.42. The van der Waals surface area contributed by atoms with E-state index in [4.69, 9.17) is 0 Å². The van der Waals surface area contributed by atoms with Gasteiger partial charge in [0.25, 0.3) is 0 Å². The number of anilines is 1. The van der Waals surface area contributed by atoms with E-state index in [9.17, 15) is 0 Å². The normalized spacial score (nSPS) is 20.4. The van der Waals surface area contributed by atoms with Crippen molar-refractivity contribution < 1.29 is 0 Å². The van der Waals surface area contributed by atoms with E-state index in [-0.39, 0.29) is 0 Å². The first-order chi connectivity index (χ1) is 7.86. The standard InChI is InChI=1S/C14H22N2/c1-3-10-16-11-6-8-13(15-2)12-7-4-5-9-14(12)16/h4-5,7,9,13,15H,3,6,8,10-11H2,1-2H3. The molecule has 1 aromatic carbocycles. The fourth-order valence-corrected chi connectivity index (χ4v) is 2.63. The highest BCUT2D eigenvalue weighted by atomic mass is 15.1. The number of hydrogen-bond acceptors (Lipinski definition) is 2. The average molecular weight is 218 g/mol. The quantitative estimate of drug-likeness (QED) is 0.839. The summed E-state index contributed by atoms with van der Waals surface area (Å²) in [4.78, 5) is 2.53. The summed E-state index contributed by atoms with van der Waals surface area (Å²) in [5.74, 6) is 0. The van der Waals surface area contributed by atoms with Crippen LogP contribution < -0.4 is 10.2 Å². The third-order valence-corrected chi connectivity index (χ3v) is 3.42. The zero-order valence-corrected chi connectivity index (χ0v) is 10.4. The van der Waals surface area contributed by atoms with Crippen molar-refractivity contribution >= 4 is 5.69 Å². The van der Waals surface area contributed by atoms with Crippen molar-refractivity contribution in [1.82, 2.24) is 5.32 Å². The highest BCUT2D eigenvalue weighted by Crippen LogP contribution is 2.32. The van der Waals surface area contributed by atoms with Crippen LogP contribution in [0.5, 0.6) is 0 Å². The van der Waals surface area contributed by atoms with Crippen LogP contribution in [0, 0.1) is 0 Å². The summed E-state index contributed by atoms with van der Waals surface area (Å²) in [6.07, 6.45) is 3.74. The first kappa shape index (κ1) is 11.5. The zero-order chi connectivity index (χ0) is 11.4. The van der Waals surface area contributed by atoms with E-state index in [0.717, 1.165) is 0 Å². The van der Waals surface area contributed by atoms with Crippen LogP contribution in [0.25, 0.3) is 0 Å². The Bertz CT molecular complexity index is 335. The summed E-state index contributed by atoms with van der Waals surface area (Å²) >= 11 is 0. The summed E-state index contributed by atoms with van der Waals surface area (Å²) in [7, 11) is 2.07. The van der Waals surface area contributed by atoms with E-state index >= 15 is 0 Å². The van der Waals surface area contributed by atoms with E-state index in [1.54, 1.807) is 0 Å². The Morgan fingerprint density at radius 2 is 2.19 bits per heavy atom. The first-order valence-electron chi connectivity index (χ1n) is 6.38. The lowest BCUT2D eigenvalue weighted by Crippen LogP contribution is -2.25. The molecule has 1 N–H and O–H groups in total. The van der Waals surface area contributed by atoms with Crippen molar-refractivity contribution in [2.24, 2.45) is 0 Å². The Kier molecular flexibility index (Phi) is 3.83. The molecule has 1 heterocycles. The van der Waals surface area contributed by atoms with E-state index in [1.165, 1.54) is 43.6 Å². The summed E-state index contributed by atoms with van der Waals surface area (Å²) < 4.78 is 0. The Labute approximate surface area is 98.7 Å². The SMILES string of the molecule is CCCN1CCCC(NC)c2ccccc21. The molecule has 16 heavy (non-hydrogen) atoms. The Hall–Kier alpha value is -1.02. The van der Waals surface area contributed by atoms with Gasteiger partial charge in [0.2, 0.25) is 0 Å². The number of fused-ring (bicyclic) bond motifs is 1. The van der Waals surface area contributed by atoms with Gasteiger partial charge in [-0.25, -0.2) is 0 Å². The average Bonchev–Trinajstić information content (AvgIpc) is 2.50. The van der Waals surface area contributed by atoms with Crippen LogP contribution in [-0.2, 0) is 0 Å². The molecule has 1 atom stereocenters. The third kappa shape index (κ3) is 2.22. The molecule has 0 aromatic heterocycles. The van der Waals surface area contributed by atoms with Crippen LogP contribution in [0.1, 0.15) is 37.8 Å². The van der Waals surface area contributed by atoms with Gasteiger partial charge < -0.3 is 10.2 Å². The maximum Gasteiger partial charge on any atom is 0.0414 e. The highest BCUT2D eigenvalue weighted by molar-refractivity contribution is 5.55. The molecular weight excluding hydrogens is 196 g/mol. The number of para-hydroxylation sites is 1. The molecule has 1 unspecified atom stereocenters. The summed E-state index contributed by atoms with van der Waals surface area (Å²) in [5, 5.41) is 3.44. The van der Waals surface area contributed by atoms with Gasteiger partial charge in [0, 0.05) is 24.8 Å². The van der Waals surface area contributed by atoms with Crippen LogP contribution in [0.2, 0.25) is 0 Å². The molecule has 1 aromatic rings. The van der Waals surface area contributed by atoms with Crippen LogP contribution in [-0.4, -0.2) is 20.1 Å². The lowest BCUT2D eigenvalue weighted by molar-refractivity contribution is 0.541. The van der Waals surface area contributed by atoms with E-state index in [2.05, 4.69) is 48.5 Å². The summed E-state index contributed by atoms with van der Waals surface area (Å²) in [6.45, 7) is 4.62. The van der Waals surface area contributed by atoms with Gasteiger partial charge in [0.15, 0.2) is 0 Å². The molecule has 0 bridgehead atoms. The number of nitrogens with one attached hydrogen (secondary N) is 1. The van der Waals surface area contributed by atoms with E-state index < -0.39 is 0 Å². The van der Waals surface area contributed by atoms with Crippen LogP contribution in [0.3, 0.4) is 0 Å². The molecule has 0 saturated heterocycles. The minimum absolute atomic E-state index is 0.526. The number of hydrogen-bond donors (Lipinski definition) is 1. The first-order valence-corrected chi connectivity index (χ1v) is 6.38. The fourth-order valence-electron chi connectivity index (χ4n) is 2.63. The van der Waals surface area contributed by atoms with Gasteiger partial charge in [-0.3, -0.25) is 0 Å². The van der Waals surface area contributed by atoms with Crippen molar-refractivity contribution in [2.75, 3.05) is 25.0 Å². The molecule has 88 valence electrons. The van der Waals surface area contributed by atoms with Crippen molar-refractivity contribution in [1.29, 1.82) is 0 Å². The van der Waals surface area contributed by atoms with Gasteiger partial charge in [-0.15, -0.1) is 0 Å². The Morgan fingerprint density at radius 1 is 1.38 bits per heavy atom. The van der Waals surface area contributed by atoms with Gasteiger partial charge in [0.05, 0.1) is 0 Å². The molecular formula is C14H22N2. The smallest absolute Gasteiger partial charge is 0.0414 e. The molecule has 0 aliphatic carbocycles. The number of benzene rings is 1. The second-order valence-electron chi connectivity index (χ2n) is 4.53. The number of rotatable bonds is 3. The fraction of sp³-hybridized carbons (Fsp3) is 0.571. The molecule has 0 amide bonds. The zero-order valence-electron chi connectivity index (χ0n) is 10.4. The largest absolute Gasteiger partial charge is 0.371 e. The molecule has 2 nitrogen and oxygen atoms in total. The molecule has 2 rings (SSSR count). The van der Waals surface area contributed by atoms with Crippen molar-refractivity contribution in [3.8, 4) is 0 Å². The molecule has 0 fully saturated rings. The lowest BCUT2D eigenvalue weighted by Gasteiger charge is -2.25. The molecule has 2 heteroatoms. The lowest BCUT2D eigenvalue weighted by atomic mass is 10.0. The molecule has 0 radical (unpaired) electrons. The summed E-state index contributed by atoms with van der Waals surface area (Å²) in [6, 6.07) is 9.36. The van der Waals surface area contributed by atoms with E-state index in [0.29, 0.717) is 6.04 Å². The molecule has 1 aliphatic rings. The Balaban J connectivity index is 2.34. The predicted octanol–water partition coefficient (Wildman–Crippen LogP) is 2.96. The van der Waals surface area contributed by atoms with Crippen LogP contribution in [0.4, 0.5) is 5.69 Å². The topological polar surface area (TPSA) is 15.3 Å².